The molecule has 1 aliphatic rings. The molecule has 1 amide bonds. The molecule has 0 spiro atoms. The van der Waals surface area contributed by atoms with E-state index in [2.05, 4.69) is 11.1 Å². The van der Waals surface area contributed by atoms with Crippen LogP contribution in [0.2, 0.25) is 0 Å². The Labute approximate surface area is 180 Å². The van der Waals surface area contributed by atoms with Crippen molar-refractivity contribution in [1.29, 1.82) is 0 Å². The van der Waals surface area contributed by atoms with E-state index in [1.54, 1.807) is 24.5 Å². The smallest absolute Gasteiger partial charge is 0.246 e. The Bertz CT molecular complexity index is 1070. The molecule has 1 aromatic heterocycles. The first kappa shape index (κ1) is 20.2. The van der Waals surface area contributed by atoms with Crippen LogP contribution in [0.5, 0.6) is 11.5 Å². The van der Waals surface area contributed by atoms with Crippen molar-refractivity contribution < 1.29 is 14.3 Å². The zero-order chi connectivity index (χ0) is 20.9. The fourth-order valence-corrected chi connectivity index (χ4v) is 4.09. The standard InChI is InChI=1S/C24H24N2O3S/c1-17-25-21(16-30-17)15-29-23-6-4-3-5-19(23)8-10-24(27)26-12-11-18-7-9-22(28-2)13-20(18)14-26/h3-10,13,16H,11-12,14-15H2,1-2H3/b10-8+. The summed E-state index contributed by atoms with van der Waals surface area (Å²) in [5.74, 6) is 1.55. The van der Waals surface area contributed by atoms with E-state index in [9.17, 15) is 4.79 Å². The summed E-state index contributed by atoms with van der Waals surface area (Å²) < 4.78 is 11.3. The molecule has 154 valence electrons. The van der Waals surface area contributed by atoms with Gasteiger partial charge in [0.05, 0.1) is 17.8 Å². The molecule has 0 bridgehead atoms. The lowest BCUT2D eigenvalue weighted by atomic mass is 9.99. The van der Waals surface area contributed by atoms with E-state index in [0.717, 1.165) is 39.7 Å². The Kier molecular flexibility index (Phi) is 6.14. The van der Waals surface area contributed by atoms with Crippen LogP contribution < -0.4 is 9.47 Å². The Morgan fingerprint density at radius 2 is 2.10 bits per heavy atom. The summed E-state index contributed by atoms with van der Waals surface area (Å²) >= 11 is 1.61. The first-order valence-corrected chi connectivity index (χ1v) is 10.8. The predicted molar refractivity (Wildman–Crippen MR) is 119 cm³/mol. The fraction of sp³-hybridized carbons (Fsp3) is 0.250. The second kappa shape index (κ2) is 9.13. The van der Waals surface area contributed by atoms with Crippen molar-refractivity contribution in [3.8, 4) is 11.5 Å². The SMILES string of the molecule is COc1ccc2c(c1)CN(C(=O)/C=C/c1ccccc1OCc1csc(C)n1)CC2. The van der Waals surface area contributed by atoms with Crippen molar-refractivity contribution in [1.82, 2.24) is 9.88 Å². The van der Waals surface area contributed by atoms with Crippen LogP contribution in [0.15, 0.2) is 53.9 Å². The average Bonchev–Trinajstić information content (AvgIpc) is 3.20. The number of benzene rings is 2. The lowest BCUT2D eigenvalue weighted by Gasteiger charge is -2.28. The van der Waals surface area contributed by atoms with E-state index < -0.39 is 0 Å². The Morgan fingerprint density at radius 3 is 2.90 bits per heavy atom. The molecular weight excluding hydrogens is 396 g/mol. The lowest BCUT2D eigenvalue weighted by molar-refractivity contribution is -0.126. The maximum Gasteiger partial charge on any atom is 0.246 e. The van der Waals surface area contributed by atoms with Crippen molar-refractivity contribution in [2.75, 3.05) is 13.7 Å². The highest BCUT2D eigenvalue weighted by Crippen LogP contribution is 2.25. The fourth-order valence-electron chi connectivity index (χ4n) is 3.49. The number of carbonyl (C=O) groups is 1. The van der Waals surface area contributed by atoms with Crippen molar-refractivity contribution in [2.24, 2.45) is 0 Å². The normalized spacial score (nSPS) is 13.3. The van der Waals surface area contributed by atoms with Crippen LogP contribution in [0.3, 0.4) is 0 Å². The van der Waals surface area contributed by atoms with E-state index in [1.807, 2.05) is 59.7 Å². The zero-order valence-electron chi connectivity index (χ0n) is 17.1. The van der Waals surface area contributed by atoms with Crippen LogP contribution in [-0.4, -0.2) is 29.4 Å². The maximum atomic E-state index is 12.8. The summed E-state index contributed by atoms with van der Waals surface area (Å²) in [6.07, 6.45) is 4.30. The molecule has 0 aliphatic carbocycles. The van der Waals surface area contributed by atoms with E-state index in [0.29, 0.717) is 19.7 Å². The summed E-state index contributed by atoms with van der Waals surface area (Å²) in [7, 11) is 1.66. The van der Waals surface area contributed by atoms with Crippen LogP contribution in [0, 0.1) is 6.92 Å². The number of carbonyl (C=O) groups excluding carboxylic acids is 1. The molecule has 2 heterocycles. The Balaban J connectivity index is 1.43. The minimum absolute atomic E-state index is 0.00611. The highest BCUT2D eigenvalue weighted by molar-refractivity contribution is 7.09. The van der Waals surface area contributed by atoms with Gasteiger partial charge in [0.2, 0.25) is 5.91 Å². The first-order chi connectivity index (χ1) is 14.6. The molecule has 0 saturated carbocycles. The number of hydrogen-bond donors (Lipinski definition) is 0. The van der Waals surface area contributed by atoms with Gasteiger partial charge in [-0.2, -0.15) is 0 Å². The summed E-state index contributed by atoms with van der Waals surface area (Å²) in [4.78, 5) is 19.1. The highest BCUT2D eigenvalue weighted by atomic mass is 32.1. The summed E-state index contributed by atoms with van der Waals surface area (Å²) in [6, 6.07) is 13.8. The number of fused-ring (bicyclic) bond motifs is 1. The van der Waals surface area contributed by atoms with Gasteiger partial charge in [0, 0.05) is 30.1 Å². The van der Waals surface area contributed by atoms with Crippen molar-refractivity contribution in [2.45, 2.75) is 26.5 Å². The number of nitrogens with zero attached hydrogens (tertiary/aromatic N) is 2. The molecule has 0 unspecified atom stereocenters. The molecule has 0 fully saturated rings. The minimum atomic E-state index is -0.00611. The first-order valence-electron chi connectivity index (χ1n) is 9.88. The lowest BCUT2D eigenvalue weighted by Crippen LogP contribution is -2.34. The van der Waals surface area contributed by atoms with Crippen LogP contribution >= 0.6 is 11.3 Å². The molecule has 6 heteroatoms. The van der Waals surface area contributed by atoms with Gasteiger partial charge < -0.3 is 14.4 Å². The van der Waals surface area contributed by atoms with E-state index in [4.69, 9.17) is 9.47 Å². The van der Waals surface area contributed by atoms with Gasteiger partial charge in [0.1, 0.15) is 18.1 Å². The Hall–Kier alpha value is -3.12. The number of aromatic nitrogens is 1. The molecule has 0 saturated heterocycles. The number of amides is 1. The predicted octanol–water partition coefficient (Wildman–Crippen LogP) is 4.64. The van der Waals surface area contributed by atoms with Crippen LogP contribution in [-0.2, 0) is 24.4 Å². The third-order valence-corrected chi connectivity index (χ3v) is 5.93. The largest absolute Gasteiger partial charge is 0.497 e. The average molecular weight is 421 g/mol. The molecule has 30 heavy (non-hydrogen) atoms. The Morgan fingerprint density at radius 1 is 1.23 bits per heavy atom. The molecule has 2 aromatic carbocycles. The number of aryl methyl sites for hydroxylation is 1. The van der Waals surface area contributed by atoms with Crippen LogP contribution in [0.25, 0.3) is 6.08 Å². The van der Waals surface area contributed by atoms with Gasteiger partial charge in [0.25, 0.3) is 0 Å². The van der Waals surface area contributed by atoms with Gasteiger partial charge >= 0.3 is 0 Å². The van der Waals surface area contributed by atoms with Gasteiger partial charge in [-0.1, -0.05) is 24.3 Å². The van der Waals surface area contributed by atoms with Gasteiger partial charge in [0.15, 0.2) is 0 Å². The molecule has 5 nitrogen and oxygen atoms in total. The van der Waals surface area contributed by atoms with Crippen molar-refractivity contribution in [3.63, 3.8) is 0 Å². The van der Waals surface area contributed by atoms with Gasteiger partial charge in [-0.05, 0) is 48.7 Å². The highest BCUT2D eigenvalue weighted by Gasteiger charge is 2.19. The number of para-hydroxylation sites is 1. The van der Waals surface area contributed by atoms with Gasteiger partial charge in [-0.25, -0.2) is 4.98 Å². The van der Waals surface area contributed by atoms with Crippen LogP contribution in [0.1, 0.15) is 27.4 Å². The quantitative estimate of drug-likeness (QED) is 0.545. The number of thiazole rings is 1. The van der Waals surface area contributed by atoms with Crippen molar-refractivity contribution >= 4 is 23.3 Å². The number of hydrogen-bond acceptors (Lipinski definition) is 5. The van der Waals surface area contributed by atoms with Crippen molar-refractivity contribution in [3.05, 3.63) is 81.3 Å². The molecule has 3 aromatic rings. The molecule has 0 atom stereocenters. The third-order valence-electron chi connectivity index (χ3n) is 5.10. The number of ether oxygens (including phenoxy) is 2. The number of methoxy groups -OCH3 is 1. The van der Waals surface area contributed by atoms with E-state index in [-0.39, 0.29) is 5.91 Å². The van der Waals surface area contributed by atoms with Gasteiger partial charge in [-0.15, -0.1) is 11.3 Å². The van der Waals surface area contributed by atoms with Gasteiger partial charge in [-0.3, -0.25) is 4.79 Å². The second-order valence-electron chi connectivity index (χ2n) is 7.16. The summed E-state index contributed by atoms with van der Waals surface area (Å²) in [5.41, 5.74) is 4.20. The topological polar surface area (TPSA) is 51.7 Å². The summed E-state index contributed by atoms with van der Waals surface area (Å²) in [6.45, 7) is 3.69. The molecular formula is C24H24N2O3S. The van der Waals surface area contributed by atoms with E-state index >= 15 is 0 Å². The summed E-state index contributed by atoms with van der Waals surface area (Å²) in [5, 5.41) is 3.02. The van der Waals surface area contributed by atoms with E-state index in [1.165, 1.54) is 5.56 Å². The minimum Gasteiger partial charge on any atom is -0.497 e. The van der Waals surface area contributed by atoms with Crippen LogP contribution in [0.4, 0.5) is 0 Å². The zero-order valence-corrected chi connectivity index (χ0v) is 17.9. The third kappa shape index (κ3) is 4.71. The molecule has 1 aliphatic heterocycles. The second-order valence-corrected chi connectivity index (χ2v) is 8.22. The molecule has 4 rings (SSSR count). The monoisotopic (exact) mass is 420 g/mol. The number of rotatable bonds is 6. The maximum absolute atomic E-state index is 12.8. The molecule has 0 N–H and O–H groups in total. The molecule has 0 radical (unpaired) electrons.